The molecule has 0 aliphatic carbocycles. The first kappa shape index (κ1) is 9.61. The van der Waals surface area contributed by atoms with E-state index < -0.39 is 0 Å². The zero-order valence-corrected chi connectivity index (χ0v) is 8.84. The smallest absolute Gasteiger partial charge is 0.196 e. The lowest BCUT2D eigenvalue weighted by molar-refractivity contribution is 0.530. The lowest BCUT2D eigenvalue weighted by Crippen LogP contribution is -2.02. The molecule has 2 N–H and O–H groups in total. The summed E-state index contributed by atoms with van der Waals surface area (Å²) in [5.41, 5.74) is 6.45. The van der Waals surface area contributed by atoms with E-state index in [0.29, 0.717) is 34.4 Å². The Labute approximate surface area is 88.2 Å². The van der Waals surface area contributed by atoms with Crippen LogP contribution in [0, 0.1) is 5.82 Å². The molecule has 1 aromatic carbocycles. The summed E-state index contributed by atoms with van der Waals surface area (Å²) >= 11 is 3.08. The second-order valence-electron chi connectivity index (χ2n) is 2.88. The average Bonchev–Trinajstić information content (AvgIpc) is 2.48. The van der Waals surface area contributed by atoms with E-state index in [0.717, 1.165) is 0 Å². The third-order valence-electron chi connectivity index (χ3n) is 1.83. The quantitative estimate of drug-likeness (QED) is 0.899. The number of nitrogens with zero attached hydrogens (tertiary/aromatic N) is 1. The van der Waals surface area contributed by atoms with Gasteiger partial charge in [-0.05, 0) is 15.9 Å². The fourth-order valence-corrected chi connectivity index (χ4v) is 1.52. The average molecular weight is 259 g/mol. The van der Waals surface area contributed by atoms with Crippen molar-refractivity contribution in [3.8, 4) is 0 Å². The van der Waals surface area contributed by atoms with Crippen LogP contribution in [0.1, 0.15) is 5.89 Å². The SMILES string of the molecule is NCCc1nc2cc(F)c(Br)cc2o1. The van der Waals surface area contributed by atoms with Gasteiger partial charge in [0.15, 0.2) is 11.5 Å². The van der Waals surface area contributed by atoms with Crippen molar-refractivity contribution in [2.45, 2.75) is 6.42 Å². The summed E-state index contributed by atoms with van der Waals surface area (Å²) in [5, 5.41) is 0. The number of halogens is 2. The Kier molecular flexibility index (Phi) is 2.52. The van der Waals surface area contributed by atoms with E-state index in [-0.39, 0.29) is 5.82 Å². The number of oxazole rings is 1. The van der Waals surface area contributed by atoms with Gasteiger partial charge in [0.1, 0.15) is 11.3 Å². The van der Waals surface area contributed by atoms with E-state index >= 15 is 0 Å². The van der Waals surface area contributed by atoms with E-state index in [4.69, 9.17) is 10.2 Å². The first-order valence-corrected chi connectivity index (χ1v) is 4.94. The van der Waals surface area contributed by atoms with Gasteiger partial charge in [-0.2, -0.15) is 0 Å². The van der Waals surface area contributed by atoms with Crippen molar-refractivity contribution in [1.29, 1.82) is 0 Å². The maximum absolute atomic E-state index is 13.1. The molecule has 0 radical (unpaired) electrons. The fraction of sp³-hybridized carbons (Fsp3) is 0.222. The zero-order valence-electron chi connectivity index (χ0n) is 7.26. The highest BCUT2D eigenvalue weighted by atomic mass is 79.9. The van der Waals surface area contributed by atoms with Crippen LogP contribution in [0.3, 0.4) is 0 Å². The van der Waals surface area contributed by atoms with Crippen LogP contribution in [0.15, 0.2) is 21.0 Å². The van der Waals surface area contributed by atoms with Gasteiger partial charge in [0.2, 0.25) is 0 Å². The van der Waals surface area contributed by atoms with Crippen molar-refractivity contribution in [1.82, 2.24) is 4.98 Å². The molecule has 0 amide bonds. The molecule has 0 aliphatic heterocycles. The summed E-state index contributed by atoms with van der Waals surface area (Å²) in [6, 6.07) is 2.90. The van der Waals surface area contributed by atoms with Crippen molar-refractivity contribution >= 4 is 27.0 Å². The van der Waals surface area contributed by atoms with E-state index in [2.05, 4.69) is 20.9 Å². The molecular formula is C9H8BrFN2O. The molecule has 0 spiro atoms. The molecule has 0 fully saturated rings. The molecule has 0 saturated heterocycles. The fourth-order valence-electron chi connectivity index (χ4n) is 1.20. The molecule has 0 unspecified atom stereocenters. The topological polar surface area (TPSA) is 52.0 Å². The van der Waals surface area contributed by atoms with Crippen LogP contribution in [-0.2, 0) is 6.42 Å². The van der Waals surface area contributed by atoms with Crippen LogP contribution in [-0.4, -0.2) is 11.5 Å². The number of fused-ring (bicyclic) bond motifs is 1. The van der Waals surface area contributed by atoms with Gasteiger partial charge in [-0.3, -0.25) is 0 Å². The van der Waals surface area contributed by atoms with Crippen LogP contribution in [0.25, 0.3) is 11.1 Å². The summed E-state index contributed by atoms with van der Waals surface area (Å²) in [7, 11) is 0. The number of hydrogen-bond acceptors (Lipinski definition) is 3. The molecule has 0 atom stereocenters. The van der Waals surface area contributed by atoms with Gasteiger partial charge in [0, 0.05) is 25.1 Å². The number of benzene rings is 1. The number of hydrogen-bond donors (Lipinski definition) is 1. The first-order valence-electron chi connectivity index (χ1n) is 4.15. The minimum absolute atomic E-state index is 0.343. The van der Waals surface area contributed by atoms with E-state index in [9.17, 15) is 4.39 Å². The van der Waals surface area contributed by atoms with Gasteiger partial charge in [0.25, 0.3) is 0 Å². The van der Waals surface area contributed by atoms with Crippen LogP contribution in [0.4, 0.5) is 4.39 Å². The van der Waals surface area contributed by atoms with Crippen LogP contribution in [0.2, 0.25) is 0 Å². The third kappa shape index (κ3) is 1.65. The number of nitrogens with two attached hydrogens (primary N) is 1. The minimum Gasteiger partial charge on any atom is -0.441 e. The summed E-state index contributed by atoms with van der Waals surface area (Å²) in [6.07, 6.45) is 0.563. The van der Waals surface area contributed by atoms with Crippen molar-refractivity contribution in [2.75, 3.05) is 6.54 Å². The standard InChI is InChI=1S/C9H8BrFN2O/c10-5-3-8-7(4-6(5)11)13-9(14-8)1-2-12/h3-4H,1-2,12H2. The van der Waals surface area contributed by atoms with E-state index in [1.165, 1.54) is 6.07 Å². The number of aromatic nitrogens is 1. The number of rotatable bonds is 2. The van der Waals surface area contributed by atoms with Crippen molar-refractivity contribution in [3.63, 3.8) is 0 Å². The molecule has 3 nitrogen and oxygen atoms in total. The van der Waals surface area contributed by atoms with Crippen molar-refractivity contribution in [3.05, 3.63) is 28.3 Å². The summed E-state index contributed by atoms with van der Waals surface area (Å²) < 4.78 is 18.8. The Hall–Kier alpha value is -0.940. The van der Waals surface area contributed by atoms with Gasteiger partial charge in [-0.15, -0.1) is 0 Å². The lowest BCUT2D eigenvalue weighted by Gasteiger charge is -1.91. The second kappa shape index (κ2) is 3.67. The summed E-state index contributed by atoms with van der Waals surface area (Å²) in [4.78, 5) is 4.10. The molecule has 2 aromatic rings. The predicted octanol–water partition coefficient (Wildman–Crippen LogP) is 2.23. The second-order valence-corrected chi connectivity index (χ2v) is 3.73. The van der Waals surface area contributed by atoms with Gasteiger partial charge in [-0.25, -0.2) is 9.37 Å². The lowest BCUT2D eigenvalue weighted by atomic mass is 10.3. The highest BCUT2D eigenvalue weighted by Crippen LogP contribution is 2.23. The Morgan fingerprint density at radius 2 is 2.29 bits per heavy atom. The Morgan fingerprint density at radius 3 is 3.00 bits per heavy atom. The Balaban J connectivity index is 2.54. The highest BCUT2D eigenvalue weighted by Gasteiger charge is 2.08. The monoisotopic (exact) mass is 258 g/mol. The van der Waals surface area contributed by atoms with Crippen LogP contribution < -0.4 is 5.73 Å². The molecule has 1 aromatic heterocycles. The van der Waals surface area contributed by atoms with E-state index in [1.807, 2.05) is 0 Å². The molecule has 0 aliphatic rings. The van der Waals surface area contributed by atoms with Crippen molar-refractivity contribution < 1.29 is 8.81 Å². The van der Waals surface area contributed by atoms with Gasteiger partial charge in [-0.1, -0.05) is 0 Å². The summed E-state index contributed by atoms with van der Waals surface area (Å²) in [6.45, 7) is 0.469. The largest absolute Gasteiger partial charge is 0.441 e. The first-order chi connectivity index (χ1) is 6.70. The third-order valence-corrected chi connectivity index (χ3v) is 2.44. The minimum atomic E-state index is -0.343. The molecule has 0 saturated carbocycles. The highest BCUT2D eigenvalue weighted by molar-refractivity contribution is 9.10. The Morgan fingerprint density at radius 1 is 1.50 bits per heavy atom. The van der Waals surface area contributed by atoms with Gasteiger partial charge in [0.05, 0.1) is 4.47 Å². The van der Waals surface area contributed by atoms with Crippen LogP contribution >= 0.6 is 15.9 Å². The molecule has 74 valence electrons. The molecule has 2 rings (SSSR count). The van der Waals surface area contributed by atoms with Crippen LogP contribution in [0.5, 0.6) is 0 Å². The molecule has 1 heterocycles. The summed E-state index contributed by atoms with van der Waals surface area (Å²) in [5.74, 6) is 0.199. The maximum Gasteiger partial charge on any atom is 0.196 e. The van der Waals surface area contributed by atoms with Gasteiger partial charge < -0.3 is 10.2 Å². The molecular weight excluding hydrogens is 251 g/mol. The molecule has 0 bridgehead atoms. The maximum atomic E-state index is 13.1. The Bertz CT molecular complexity index is 430. The predicted molar refractivity (Wildman–Crippen MR) is 54.4 cm³/mol. The van der Waals surface area contributed by atoms with Crippen molar-refractivity contribution in [2.24, 2.45) is 5.73 Å². The van der Waals surface area contributed by atoms with E-state index in [1.54, 1.807) is 6.07 Å². The zero-order chi connectivity index (χ0) is 10.1. The molecule has 5 heteroatoms. The normalized spacial score (nSPS) is 11.1. The van der Waals surface area contributed by atoms with Gasteiger partial charge >= 0.3 is 0 Å². The molecule has 14 heavy (non-hydrogen) atoms.